The molecule has 0 bridgehead atoms. The molecule has 0 amide bonds. The topological polar surface area (TPSA) is 66.8 Å². The van der Waals surface area contributed by atoms with Crippen molar-refractivity contribution in [3.63, 3.8) is 0 Å². The molecule has 190 valence electrons. The zero-order chi connectivity index (χ0) is 24.6. The van der Waals surface area contributed by atoms with Crippen molar-refractivity contribution in [2.75, 3.05) is 69.3 Å². The van der Waals surface area contributed by atoms with Gasteiger partial charge in [0.1, 0.15) is 17.5 Å². The summed E-state index contributed by atoms with van der Waals surface area (Å²) in [6, 6.07) is 14.2. The highest BCUT2D eigenvalue weighted by atomic mass is 16.5. The first-order valence-corrected chi connectivity index (χ1v) is 13.0. The number of nitrogens with zero attached hydrogens (tertiary/aromatic N) is 6. The van der Waals surface area contributed by atoms with Gasteiger partial charge in [-0.25, -0.2) is 15.0 Å². The van der Waals surface area contributed by atoms with E-state index < -0.39 is 0 Å². The maximum atomic E-state index is 6.12. The molecule has 2 aliphatic rings. The lowest BCUT2D eigenvalue weighted by Crippen LogP contribution is -2.47. The van der Waals surface area contributed by atoms with Crippen LogP contribution in [0.2, 0.25) is 0 Å². The lowest BCUT2D eigenvalue weighted by molar-refractivity contribution is 0.254. The Kier molecular flexibility index (Phi) is 8.13. The summed E-state index contributed by atoms with van der Waals surface area (Å²) < 4.78 is 11.7. The van der Waals surface area contributed by atoms with Gasteiger partial charge in [0.15, 0.2) is 11.5 Å². The number of hydrogen-bond donors (Lipinski definition) is 0. The lowest BCUT2D eigenvalue weighted by atomic mass is 10.1. The second kappa shape index (κ2) is 12.0. The predicted octanol–water partition coefficient (Wildman–Crippen LogP) is 3.66. The Balaban J connectivity index is 1.18. The summed E-state index contributed by atoms with van der Waals surface area (Å²) >= 11 is 0. The van der Waals surface area contributed by atoms with Crippen LogP contribution in [0.15, 0.2) is 54.9 Å². The van der Waals surface area contributed by atoms with Crippen molar-refractivity contribution in [3.05, 3.63) is 66.2 Å². The number of methoxy groups -OCH3 is 1. The third-order valence-electron chi connectivity index (χ3n) is 6.93. The van der Waals surface area contributed by atoms with Gasteiger partial charge in [-0.1, -0.05) is 12.1 Å². The Hall–Kier alpha value is -3.39. The molecule has 0 spiro atoms. The molecule has 0 aliphatic carbocycles. The fourth-order valence-electron chi connectivity index (χ4n) is 4.96. The summed E-state index contributed by atoms with van der Waals surface area (Å²) in [7, 11) is 1.69. The molecule has 2 fully saturated rings. The van der Waals surface area contributed by atoms with E-state index in [0.717, 1.165) is 73.7 Å². The van der Waals surface area contributed by atoms with Crippen LogP contribution in [0, 0.1) is 0 Å². The smallest absolute Gasteiger partial charge is 0.161 e. The minimum atomic E-state index is 0.649. The summed E-state index contributed by atoms with van der Waals surface area (Å²) in [6.07, 6.45) is 8.02. The van der Waals surface area contributed by atoms with Crippen LogP contribution >= 0.6 is 0 Å². The second-order valence-corrected chi connectivity index (χ2v) is 9.41. The quantitative estimate of drug-likeness (QED) is 0.401. The van der Waals surface area contributed by atoms with Crippen LogP contribution in [-0.4, -0.2) is 79.4 Å². The molecule has 2 aliphatic heterocycles. The van der Waals surface area contributed by atoms with Gasteiger partial charge in [0.2, 0.25) is 0 Å². The number of piperazine rings is 1. The average molecular weight is 489 g/mol. The summed E-state index contributed by atoms with van der Waals surface area (Å²) in [5, 5.41) is 0. The molecule has 3 aromatic rings. The third kappa shape index (κ3) is 6.23. The lowest BCUT2D eigenvalue weighted by Gasteiger charge is -2.36. The fraction of sp³-hybridized carbons (Fsp3) is 0.464. The number of pyridine rings is 1. The zero-order valence-corrected chi connectivity index (χ0v) is 21.2. The van der Waals surface area contributed by atoms with Gasteiger partial charge in [0.25, 0.3) is 0 Å². The number of benzene rings is 1. The number of likely N-dealkylation sites (tertiary alicyclic amines) is 1. The molecule has 2 saturated heterocycles. The van der Waals surface area contributed by atoms with Crippen molar-refractivity contribution >= 4 is 11.6 Å². The Bertz CT molecular complexity index is 1100. The van der Waals surface area contributed by atoms with Crippen LogP contribution in [0.25, 0.3) is 0 Å². The number of rotatable bonds is 10. The van der Waals surface area contributed by atoms with Crippen LogP contribution in [0.4, 0.5) is 11.6 Å². The molecule has 36 heavy (non-hydrogen) atoms. The Morgan fingerprint density at radius 1 is 0.806 bits per heavy atom. The summed E-state index contributed by atoms with van der Waals surface area (Å²) in [6.45, 7) is 7.89. The van der Waals surface area contributed by atoms with Crippen LogP contribution < -0.4 is 19.3 Å². The first kappa shape index (κ1) is 24.3. The van der Waals surface area contributed by atoms with Crippen molar-refractivity contribution in [1.82, 2.24) is 19.9 Å². The third-order valence-corrected chi connectivity index (χ3v) is 6.93. The Morgan fingerprint density at radius 3 is 2.36 bits per heavy atom. The van der Waals surface area contributed by atoms with Crippen molar-refractivity contribution in [2.24, 2.45) is 0 Å². The van der Waals surface area contributed by atoms with Crippen LogP contribution in [0.1, 0.15) is 30.7 Å². The molecule has 4 heterocycles. The molecule has 0 saturated carbocycles. The van der Waals surface area contributed by atoms with Gasteiger partial charge >= 0.3 is 0 Å². The first-order chi connectivity index (χ1) is 17.8. The maximum absolute atomic E-state index is 6.12. The van der Waals surface area contributed by atoms with E-state index >= 15 is 0 Å². The number of ether oxygens (including phenoxy) is 2. The molecule has 0 atom stereocenters. The summed E-state index contributed by atoms with van der Waals surface area (Å²) in [5.41, 5.74) is 1.11. The molecule has 2 aromatic heterocycles. The molecule has 0 unspecified atom stereocenters. The van der Waals surface area contributed by atoms with E-state index in [0.29, 0.717) is 13.0 Å². The van der Waals surface area contributed by atoms with E-state index in [1.165, 1.54) is 25.9 Å². The van der Waals surface area contributed by atoms with E-state index in [9.17, 15) is 0 Å². The maximum Gasteiger partial charge on any atom is 0.161 e. The molecule has 5 rings (SSSR count). The van der Waals surface area contributed by atoms with E-state index in [-0.39, 0.29) is 0 Å². The van der Waals surface area contributed by atoms with E-state index in [4.69, 9.17) is 14.5 Å². The van der Waals surface area contributed by atoms with Crippen LogP contribution in [0.3, 0.4) is 0 Å². The van der Waals surface area contributed by atoms with Gasteiger partial charge in [-0.3, -0.25) is 0 Å². The van der Waals surface area contributed by atoms with Gasteiger partial charge in [-0.2, -0.15) is 0 Å². The molecule has 0 N–H and O–H groups in total. The van der Waals surface area contributed by atoms with Gasteiger partial charge in [0.05, 0.1) is 13.7 Å². The number of anilines is 2. The van der Waals surface area contributed by atoms with E-state index in [1.807, 2.05) is 36.7 Å². The van der Waals surface area contributed by atoms with Gasteiger partial charge in [0, 0.05) is 51.5 Å². The van der Waals surface area contributed by atoms with Crippen molar-refractivity contribution in [1.29, 1.82) is 0 Å². The van der Waals surface area contributed by atoms with Gasteiger partial charge in [-0.15, -0.1) is 0 Å². The van der Waals surface area contributed by atoms with Crippen LogP contribution in [0.5, 0.6) is 11.5 Å². The fourth-order valence-corrected chi connectivity index (χ4v) is 4.96. The zero-order valence-electron chi connectivity index (χ0n) is 21.2. The van der Waals surface area contributed by atoms with Crippen molar-refractivity contribution in [3.8, 4) is 11.5 Å². The first-order valence-electron chi connectivity index (χ1n) is 13.0. The molecule has 8 nitrogen and oxygen atoms in total. The SMILES string of the molecule is COc1ccc(Cc2nccc(N3CCN(c4ccccn4)CC3)n2)cc1OCCCN1CCCC1. The monoisotopic (exact) mass is 488 g/mol. The molecule has 0 radical (unpaired) electrons. The molecule has 8 heteroatoms. The molecular formula is C28H36N6O2. The predicted molar refractivity (Wildman–Crippen MR) is 142 cm³/mol. The molecule has 1 aromatic carbocycles. The second-order valence-electron chi connectivity index (χ2n) is 9.41. The highest BCUT2D eigenvalue weighted by molar-refractivity contribution is 5.46. The summed E-state index contributed by atoms with van der Waals surface area (Å²) in [5.74, 6) is 4.38. The largest absolute Gasteiger partial charge is 0.493 e. The number of aromatic nitrogens is 3. The molecular weight excluding hydrogens is 452 g/mol. The minimum absolute atomic E-state index is 0.649. The van der Waals surface area contributed by atoms with Gasteiger partial charge < -0.3 is 24.2 Å². The standard InChI is InChI=1S/C28H36N6O2/c1-35-24-9-8-23(21-25(24)36-20-6-15-32-13-4-5-14-32)22-26-29-12-10-28(31-26)34-18-16-33(17-19-34)27-7-2-3-11-30-27/h2-3,7-12,21H,4-6,13-20,22H2,1H3. The van der Waals surface area contributed by atoms with Crippen LogP contribution in [-0.2, 0) is 6.42 Å². The Morgan fingerprint density at radius 2 is 1.61 bits per heavy atom. The normalized spacial score (nSPS) is 16.4. The minimum Gasteiger partial charge on any atom is -0.493 e. The summed E-state index contributed by atoms with van der Waals surface area (Å²) in [4.78, 5) is 21.1. The highest BCUT2D eigenvalue weighted by Crippen LogP contribution is 2.29. The average Bonchev–Trinajstić information content (AvgIpc) is 3.46. The Labute approximate surface area is 213 Å². The van der Waals surface area contributed by atoms with E-state index in [2.05, 4.69) is 42.9 Å². The van der Waals surface area contributed by atoms with Crippen molar-refractivity contribution < 1.29 is 9.47 Å². The van der Waals surface area contributed by atoms with Gasteiger partial charge in [-0.05, 0) is 68.2 Å². The highest BCUT2D eigenvalue weighted by Gasteiger charge is 2.19. The number of hydrogen-bond acceptors (Lipinski definition) is 8. The van der Waals surface area contributed by atoms with E-state index in [1.54, 1.807) is 7.11 Å². The van der Waals surface area contributed by atoms with Crippen molar-refractivity contribution in [2.45, 2.75) is 25.7 Å².